The van der Waals surface area contributed by atoms with Gasteiger partial charge in [-0.25, -0.2) is 0 Å². The number of aliphatic hydroxyl groups is 2. The van der Waals surface area contributed by atoms with Crippen molar-refractivity contribution in [1.29, 1.82) is 0 Å². The highest BCUT2D eigenvalue weighted by Gasteiger charge is 2.34. The lowest BCUT2D eigenvalue weighted by Gasteiger charge is -2.20. The van der Waals surface area contributed by atoms with E-state index in [-0.39, 0.29) is 19.3 Å². The molecule has 0 radical (unpaired) electrons. The Morgan fingerprint density at radius 3 is 2.50 bits per heavy atom. The molecular formula is C10H20N2O2. The molecule has 1 saturated heterocycles. The molecule has 2 aliphatic rings. The third-order valence-corrected chi connectivity index (χ3v) is 3.20. The Balaban J connectivity index is 1.71. The summed E-state index contributed by atoms with van der Waals surface area (Å²) in [5, 5.41) is 21.2. The van der Waals surface area contributed by atoms with Gasteiger partial charge in [0.15, 0.2) is 0 Å². The largest absolute Gasteiger partial charge is 0.395 e. The fraction of sp³-hybridized carbons (Fsp3) is 1.00. The number of hydrogen-bond donors (Lipinski definition) is 3. The lowest BCUT2D eigenvalue weighted by atomic mass is 10.2. The van der Waals surface area contributed by atoms with Crippen LogP contribution in [0.15, 0.2) is 0 Å². The van der Waals surface area contributed by atoms with E-state index in [0.717, 1.165) is 19.0 Å². The maximum Gasteiger partial charge on any atom is 0.0607 e. The van der Waals surface area contributed by atoms with Crippen molar-refractivity contribution in [2.75, 3.05) is 26.3 Å². The molecule has 82 valence electrons. The predicted octanol–water partition coefficient (Wildman–Crippen LogP) is -0.834. The number of nitrogens with one attached hydrogen (secondary N) is 1. The minimum Gasteiger partial charge on any atom is -0.395 e. The smallest absolute Gasteiger partial charge is 0.0607 e. The molecule has 0 aromatic carbocycles. The van der Waals surface area contributed by atoms with Crippen LogP contribution in [0.25, 0.3) is 0 Å². The molecule has 1 aliphatic heterocycles. The lowest BCUT2D eigenvalue weighted by Crippen LogP contribution is -2.44. The van der Waals surface area contributed by atoms with E-state index < -0.39 is 0 Å². The molecule has 1 saturated carbocycles. The Labute approximate surface area is 84.9 Å². The summed E-state index contributed by atoms with van der Waals surface area (Å²) in [5.74, 6) is 0. The van der Waals surface area contributed by atoms with Crippen LogP contribution in [0.3, 0.4) is 0 Å². The third-order valence-electron chi connectivity index (χ3n) is 3.20. The first-order valence-electron chi connectivity index (χ1n) is 5.55. The summed E-state index contributed by atoms with van der Waals surface area (Å²) in [6.07, 6.45) is 3.86. The van der Waals surface area contributed by atoms with Crippen LogP contribution in [0.5, 0.6) is 0 Å². The first-order valence-corrected chi connectivity index (χ1v) is 5.55. The molecule has 0 spiro atoms. The van der Waals surface area contributed by atoms with E-state index in [2.05, 4.69) is 10.2 Å². The van der Waals surface area contributed by atoms with Crippen LogP contribution < -0.4 is 5.32 Å². The van der Waals surface area contributed by atoms with Crippen LogP contribution >= 0.6 is 0 Å². The van der Waals surface area contributed by atoms with Crippen molar-refractivity contribution in [1.82, 2.24) is 10.2 Å². The van der Waals surface area contributed by atoms with Crippen LogP contribution in [0.1, 0.15) is 19.3 Å². The van der Waals surface area contributed by atoms with E-state index in [1.807, 2.05) is 0 Å². The average molecular weight is 200 g/mol. The SMILES string of the molecule is OCC(CO)NC1CCN(C2CC2)C1. The maximum atomic E-state index is 8.94. The number of hydrogen-bond acceptors (Lipinski definition) is 4. The van der Waals surface area contributed by atoms with Crippen molar-refractivity contribution in [3.63, 3.8) is 0 Å². The minimum absolute atomic E-state index is 0.0242. The summed E-state index contributed by atoms with van der Waals surface area (Å²) < 4.78 is 0. The first-order chi connectivity index (χ1) is 6.83. The Bertz CT molecular complexity index is 181. The molecule has 1 unspecified atom stereocenters. The van der Waals surface area contributed by atoms with Gasteiger partial charge in [0.05, 0.1) is 19.3 Å². The summed E-state index contributed by atoms with van der Waals surface area (Å²) >= 11 is 0. The molecule has 0 bridgehead atoms. The standard InChI is InChI=1S/C10H20N2O2/c13-6-9(7-14)11-8-3-4-12(5-8)10-1-2-10/h8-11,13-14H,1-7H2. The molecule has 2 rings (SSSR count). The van der Waals surface area contributed by atoms with E-state index >= 15 is 0 Å². The van der Waals surface area contributed by atoms with Gasteiger partial charge in [0.1, 0.15) is 0 Å². The van der Waals surface area contributed by atoms with Gasteiger partial charge in [-0.1, -0.05) is 0 Å². The molecule has 4 nitrogen and oxygen atoms in total. The van der Waals surface area contributed by atoms with Crippen molar-refractivity contribution in [3.8, 4) is 0 Å². The normalized spacial score (nSPS) is 28.9. The number of rotatable bonds is 5. The molecule has 0 aromatic heterocycles. The van der Waals surface area contributed by atoms with Crippen molar-refractivity contribution in [3.05, 3.63) is 0 Å². The Hall–Kier alpha value is -0.160. The van der Waals surface area contributed by atoms with Gasteiger partial charge in [0, 0.05) is 25.2 Å². The van der Waals surface area contributed by atoms with Crippen molar-refractivity contribution in [2.45, 2.75) is 37.4 Å². The summed E-state index contributed by atoms with van der Waals surface area (Å²) in [6.45, 7) is 2.31. The maximum absolute atomic E-state index is 8.94. The second kappa shape index (κ2) is 4.57. The van der Waals surface area contributed by atoms with Crippen molar-refractivity contribution >= 4 is 0 Å². The van der Waals surface area contributed by atoms with Crippen LogP contribution in [0.2, 0.25) is 0 Å². The van der Waals surface area contributed by atoms with Crippen LogP contribution in [-0.4, -0.2) is 59.5 Å². The van der Waals surface area contributed by atoms with Crippen molar-refractivity contribution in [2.24, 2.45) is 0 Å². The van der Waals surface area contributed by atoms with Gasteiger partial charge in [-0.15, -0.1) is 0 Å². The van der Waals surface area contributed by atoms with E-state index in [0.29, 0.717) is 6.04 Å². The molecule has 4 heteroatoms. The van der Waals surface area contributed by atoms with Gasteiger partial charge in [0.2, 0.25) is 0 Å². The van der Waals surface area contributed by atoms with Crippen LogP contribution in [0.4, 0.5) is 0 Å². The highest BCUT2D eigenvalue weighted by Crippen LogP contribution is 2.29. The van der Waals surface area contributed by atoms with E-state index in [1.165, 1.54) is 19.4 Å². The molecule has 1 heterocycles. The topological polar surface area (TPSA) is 55.7 Å². The average Bonchev–Trinajstić information content (AvgIpc) is 2.96. The number of aliphatic hydroxyl groups excluding tert-OH is 2. The summed E-state index contributed by atoms with van der Waals surface area (Å²) in [6, 6.07) is 1.16. The molecule has 3 N–H and O–H groups in total. The fourth-order valence-corrected chi connectivity index (χ4v) is 2.19. The van der Waals surface area contributed by atoms with Gasteiger partial charge < -0.3 is 15.5 Å². The molecule has 1 atom stereocenters. The number of likely N-dealkylation sites (tertiary alicyclic amines) is 1. The fourth-order valence-electron chi connectivity index (χ4n) is 2.19. The van der Waals surface area contributed by atoms with Gasteiger partial charge in [-0.05, 0) is 19.3 Å². The van der Waals surface area contributed by atoms with Gasteiger partial charge in [-0.2, -0.15) is 0 Å². The Kier molecular flexibility index (Phi) is 3.38. The van der Waals surface area contributed by atoms with Crippen LogP contribution in [-0.2, 0) is 0 Å². The highest BCUT2D eigenvalue weighted by molar-refractivity contribution is 4.92. The zero-order chi connectivity index (χ0) is 9.97. The molecular weight excluding hydrogens is 180 g/mol. The first kappa shape index (κ1) is 10.4. The quantitative estimate of drug-likeness (QED) is 0.542. The Morgan fingerprint density at radius 2 is 1.93 bits per heavy atom. The number of nitrogens with zero attached hydrogens (tertiary/aromatic N) is 1. The van der Waals surface area contributed by atoms with Gasteiger partial charge in [-0.3, -0.25) is 4.90 Å². The zero-order valence-corrected chi connectivity index (χ0v) is 8.52. The molecule has 0 aromatic rings. The zero-order valence-electron chi connectivity index (χ0n) is 8.52. The van der Waals surface area contributed by atoms with E-state index in [1.54, 1.807) is 0 Å². The highest BCUT2D eigenvalue weighted by atomic mass is 16.3. The van der Waals surface area contributed by atoms with Gasteiger partial charge >= 0.3 is 0 Å². The Morgan fingerprint density at radius 1 is 1.21 bits per heavy atom. The van der Waals surface area contributed by atoms with Gasteiger partial charge in [0.25, 0.3) is 0 Å². The second-order valence-corrected chi connectivity index (χ2v) is 4.44. The monoisotopic (exact) mass is 200 g/mol. The van der Waals surface area contributed by atoms with Crippen molar-refractivity contribution < 1.29 is 10.2 Å². The second-order valence-electron chi connectivity index (χ2n) is 4.44. The summed E-state index contributed by atoms with van der Waals surface area (Å²) in [7, 11) is 0. The van der Waals surface area contributed by atoms with Crippen LogP contribution in [0, 0.1) is 0 Å². The molecule has 1 aliphatic carbocycles. The summed E-state index contributed by atoms with van der Waals surface area (Å²) in [4.78, 5) is 2.52. The summed E-state index contributed by atoms with van der Waals surface area (Å²) in [5.41, 5.74) is 0. The van der Waals surface area contributed by atoms with E-state index in [9.17, 15) is 0 Å². The molecule has 14 heavy (non-hydrogen) atoms. The molecule has 0 amide bonds. The molecule has 2 fully saturated rings. The van der Waals surface area contributed by atoms with E-state index in [4.69, 9.17) is 10.2 Å². The minimum atomic E-state index is -0.140. The third kappa shape index (κ3) is 2.45. The lowest BCUT2D eigenvalue weighted by molar-refractivity contribution is 0.161. The predicted molar refractivity (Wildman–Crippen MR) is 54.1 cm³/mol.